The van der Waals surface area contributed by atoms with Crippen molar-refractivity contribution >= 4 is 38.6 Å². The quantitative estimate of drug-likeness (QED) is 0.412. The Balaban J connectivity index is 1.27. The second-order valence-corrected chi connectivity index (χ2v) is 11.6. The third-order valence-electron chi connectivity index (χ3n) is 5.31. The van der Waals surface area contributed by atoms with Crippen LogP contribution in [0.1, 0.15) is 15.4 Å². The third kappa shape index (κ3) is 4.22. The van der Waals surface area contributed by atoms with Gasteiger partial charge in [0.2, 0.25) is 0 Å². The number of hydrogen-bond donors (Lipinski definition) is 0. The van der Waals surface area contributed by atoms with Crippen LogP contribution < -0.4 is 0 Å². The molecule has 0 saturated carbocycles. The number of piperazine rings is 1. The zero-order valence-electron chi connectivity index (χ0n) is 17.5. The van der Waals surface area contributed by atoms with E-state index < -0.39 is 10.0 Å². The summed E-state index contributed by atoms with van der Waals surface area (Å²) < 4.78 is 32.7. The van der Waals surface area contributed by atoms with Gasteiger partial charge in [-0.1, -0.05) is 5.16 Å². The number of aromatic nitrogens is 3. The van der Waals surface area contributed by atoms with Gasteiger partial charge in [-0.25, -0.2) is 13.4 Å². The Kier molecular flexibility index (Phi) is 5.83. The average Bonchev–Trinajstić information content (AvgIpc) is 3.60. The van der Waals surface area contributed by atoms with E-state index in [-0.39, 0.29) is 23.2 Å². The van der Waals surface area contributed by atoms with Crippen molar-refractivity contribution in [1.82, 2.24) is 24.3 Å². The van der Waals surface area contributed by atoms with Crippen LogP contribution in [0.3, 0.4) is 0 Å². The Morgan fingerprint density at radius 3 is 2.48 bits per heavy atom. The highest BCUT2D eigenvalue weighted by atomic mass is 32.2. The van der Waals surface area contributed by atoms with E-state index in [1.54, 1.807) is 35.5 Å². The molecule has 0 radical (unpaired) electrons. The van der Waals surface area contributed by atoms with Crippen molar-refractivity contribution in [3.05, 3.63) is 59.6 Å². The monoisotopic (exact) mass is 501 g/mol. The molecule has 5 rings (SSSR count). The van der Waals surface area contributed by atoms with Crippen LogP contribution in [0.25, 0.3) is 21.1 Å². The lowest BCUT2D eigenvalue weighted by Crippen LogP contribution is -2.50. The number of rotatable bonds is 5. The molecule has 1 amide bonds. The van der Waals surface area contributed by atoms with Gasteiger partial charge in [-0.3, -0.25) is 9.78 Å². The van der Waals surface area contributed by atoms with Gasteiger partial charge in [0.1, 0.15) is 26.1 Å². The number of carbonyl (C=O) groups excluding carboxylic acids is 1. The molecule has 12 heteroatoms. The minimum Gasteiger partial charge on any atom is -0.364 e. The molecule has 4 aromatic heterocycles. The molecule has 170 valence electrons. The van der Waals surface area contributed by atoms with Crippen molar-refractivity contribution in [3.8, 4) is 21.1 Å². The van der Waals surface area contributed by atoms with Gasteiger partial charge in [0.25, 0.3) is 15.9 Å². The molecule has 0 unspecified atom stereocenters. The fourth-order valence-electron chi connectivity index (χ4n) is 3.55. The van der Waals surface area contributed by atoms with Crippen LogP contribution >= 0.6 is 22.7 Å². The van der Waals surface area contributed by atoms with Crippen LogP contribution in [0.2, 0.25) is 0 Å². The number of amides is 1. The maximum Gasteiger partial charge on any atom is 0.265 e. The first-order chi connectivity index (χ1) is 15.9. The molecule has 5 heterocycles. The molecule has 4 aromatic rings. The van der Waals surface area contributed by atoms with E-state index in [0.717, 1.165) is 26.8 Å². The van der Waals surface area contributed by atoms with E-state index in [4.69, 9.17) is 4.52 Å². The number of hydrogen-bond acceptors (Lipinski definition) is 9. The molecule has 0 aliphatic carbocycles. The summed E-state index contributed by atoms with van der Waals surface area (Å²) in [6.45, 7) is 2.93. The molecule has 9 nitrogen and oxygen atoms in total. The smallest absolute Gasteiger partial charge is 0.265 e. The number of thiophene rings is 1. The van der Waals surface area contributed by atoms with Gasteiger partial charge in [-0.05, 0) is 31.2 Å². The SMILES string of the molecule is Cc1nc(-c2ccncc2)sc1C(=O)N1CCN(S(=O)(=O)c2ccc(-c3ccon3)s2)CC1. The highest BCUT2D eigenvalue weighted by Crippen LogP contribution is 2.32. The number of nitrogens with zero attached hydrogens (tertiary/aromatic N) is 5. The molecular weight excluding hydrogens is 482 g/mol. The van der Waals surface area contributed by atoms with Crippen molar-refractivity contribution in [2.45, 2.75) is 11.1 Å². The van der Waals surface area contributed by atoms with E-state index in [1.807, 2.05) is 19.1 Å². The second-order valence-electron chi connectivity index (χ2n) is 7.37. The molecule has 1 fully saturated rings. The summed E-state index contributed by atoms with van der Waals surface area (Å²) in [5.74, 6) is -0.119. The molecule has 0 aromatic carbocycles. The normalized spacial score (nSPS) is 15.1. The van der Waals surface area contributed by atoms with Crippen molar-refractivity contribution < 1.29 is 17.7 Å². The van der Waals surface area contributed by atoms with E-state index in [0.29, 0.717) is 29.4 Å². The van der Waals surface area contributed by atoms with E-state index in [9.17, 15) is 13.2 Å². The molecule has 0 bridgehead atoms. The minimum absolute atomic E-state index is 0.119. The topological polar surface area (TPSA) is 110 Å². The van der Waals surface area contributed by atoms with Gasteiger partial charge in [-0.15, -0.1) is 22.7 Å². The maximum atomic E-state index is 13.1. The third-order valence-corrected chi connectivity index (χ3v) is 9.98. The largest absolute Gasteiger partial charge is 0.364 e. The summed E-state index contributed by atoms with van der Waals surface area (Å²) in [6, 6.07) is 8.71. The van der Waals surface area contributed by atoms with Gasteiger partial charge < -0.3 is 9.42 Å². The standard InChI is InChI=1S/C21H19N5O4S3/c1-14-19(32-20(23-14)15-4-7-22-8-5-15)21(27)25-9-11-26(12-10-25)33(28,29)18-3-2-17(31-18)16-6-13-30-24-16/h2-8,13H,9-12H2,1H3. The molecule has 1 aliphatic heterocycles. The Hall–Kier alpha value is -2.93. The fraction of sp³-hybridized carbons (Fsp3) is 0.238. The number of pyridine rings is 1. The summed E-state index contributed by atoms with van der Waals surface area (Å²) in [5, 5.41) is 4.62. The summed E-state index contributed by atoms with van der Waals surface area (Å²) in [5.41, 5.74) is 2.18. The van der Waals surface area contributed by atoms with Gasteiger partial charge in [0.15, 0.2) is 0 Å². The molecule has 33 heavy (non-hydrogen) atoms. The van der Waals surface area contributed by atoms with Crippen LogP contribution in [-0.2, 0) is 10.0 Å². The van der Waals surface area contributed by atoms with Gasteiger partial charge in [0, 0.05) is 50.2 Å². The number of sulfonamides is 1. The number of thiazole rings is 1. The molecule has 0 spiro atoms. The van der Waals surface area contributed by atoms with Crippen molar-refractivity contribution in [1.29, 1.82) is 0 Å². The first kappa shape index (κ1) is 21.9. The lowest BCUT2D eigenvalue weighted by atomic mass is 10.3. The van der Waals surface area contributed by atoms with Crippen molar-refractivity contribution in [2.75, 3.05) is 26.2 Å². The molecule has 0 N–H and O–H groups in total. The lowest BCUT2D eigenvalue weighted by Gasteiger charge is -2.33. The summed E-state index contributed by atoms with van der Waals surface area (Å²) in [4.78, 5) is 24.7. The van der Waals surface area contributed by atoms with E-state index >= 15 is 0 Å². The average molecular weight is 502 g/mol. The Morgan fingerprint density at radius 1 is 1.03 bits per heavy atom. The second kappa shape index (κ2) is 8.78. The molecule has 1 saturated heterocycles. The molecular formula is C21H19N5O4S3. The Morgan fingerprint density at radius 2 is 1.79 bits per heavy atom. The van der Waals surface area contributed by atoms with E-state index in [2.05, 4.69) is 15.1 Å². The van der Waals surface area contributed by atoms with Crippen LogP contribution in [0, 0.1) is 6.92 Å². The van der Waals surface area contributed by atoms with Gasteiger partial charge >= 0.3 is 0 Å². The first-order valence-corrected chi connectivity index (χ1v) is 13.2. The molecule has 1 aliphatic rings. The van der Waals surface area contributed by atoms with Crippen LogP contribution in [-0.4, -0.2) is 64.8 Å². The zero-order valence-corrected chi connectivity index (χ0v) is 20.0. The highest BCUT2D eigenvalue weighted by Gasteiger charge is 2.32. The summed E-state index contributed by atoms with van der Waals surface area (Å²) >= 11 is 2.50. The minimum atomic E-state index is -3.65. The number of carbonyl (C=O) groups is 1. The van der Waals surface area contributed by atoms with Crippen LogP contribution in [0.5, 0.6) is 0 Å². The summed E-state index contributed by atoms with van der Waals surface area (Å²) in [7, 11) is -3.65. The predicted molar refractivity (Wildman–Crippen MR) is 125 cm³/mol. The highest BCUT2D eigenvalue weighted by molar-refractivity contribution is 7.91. The maximum absolute atomic E-state index is 13.1. The van der Waals surface area contributed by atoms with Gasteiger partial charge in [-0.2, -0.15) is 4.31 Å². The lowest BCUT2D eigenvalue weighted by molar-refractivity contribution is 0.0702. The number of aryl methyl sites for hydroxylation is 1. The van der Waals surface area contributed by atoms with Crippen LogP contribution in [0.4, 0.5) is 0 Å². The predicted octanol–water partition coefficient (Wildman–Crippen LogP) is 3.38. The first-order valence-electron chi connectivity index (χ1n) is 10.1. The van der Waals surface area contributed by atoms with Crippen molar-refractivity contribution in [2.24, 2.45) is 0 Å². The van der Waals surface area contributed by atoms with Crippen LogP contribution in [0.15, 0.2) is 57.7 Å². The fourth-order valence-corrected chi connectivity index (χ4v) is 7.44. The van der Waals surface area contributed by atoms with Crippen molar-refractivity contribution in [3.63, 3.8) is 0 Å². The summed E-state index contributed by atoms with van der Waals surface area (Å²) in [6.07, 6.45) is 4.83. The van der Waals surface area contributed by atoms with Gasteiger partial charge in [0.05, 0.1) is 10.6 Å². The zero-order chi connectivity index (χ0) is 23.0. The van der Waals surface area contributed by atoms with E-state index in [1.165, 1.54) is 21.9 Å². The Bertz CT molecular complexity index is 1370. The Labute approximate surface area is 198 Å². The molecule has 0 atom stereocenters.